The lowest BCUT2D eigenvalue weighted by molar-refractivity contribution is -0.126. The van der Waals surface area contributed by atoms with Gasteiger partial charge in [0.2, 0.25) is 11.8 Å². The van der Waals surface area contributed by atoms with Crippen LogP contribution in [0.25, 0.3) is 0 Å². The quantitative estimate of drug-likeness (QED) is 0.867. The minimum Gasteiger partial charge on any atom is -0.353 e. The first-order chi connectivity index (χ1) is 12.5. The van der Waals surface area contributed by atoms with Crippen molar-refractivity contribution in [2.75, 3.05) is 11.4 Å². The van der Waals surface area contributed by atoms with E-state index in [0.717, 1.165) is 24.1 Å². The number of rotatable bonds is 6. The van der Waals surface area contributed by atoms with Gasteiger partial charge in [0, 0.05) is 24.7 Å². The lowest BCUT2D eigenvalue weighted by Gasteiger charge is -2.20. The van der Waals surface area contributed by atoms with Crippen LogP contribution in [-0.2, 0) is 16.0 Å². The predicted molar refractivity (Wildman–Crippen MR) is 104 cm³/mol. The van der Waals surface area contributed by atoms with Crippen molar-refractivity contribution in [1.82, 2.24) is 5.32 Å². The van der Waals surface area contributed by atoms with Gasteiger partial charge in [-0.1, -0.05) is 48.5 Å². The Morgan fingerprint density at radius 3 is 2.58 bits per heavy atom. The van der Waals surface area contributed by atoms with Gasteiger partial charge in [0.15, 0.2) is 0 Å². The summed E-state index contributed by atoms with van der Waals surface area (Å²) in [6, 6.07) is 18.2. The smallest absolute Gasteiger partial charge is 0.227 e. The van der Waals surface area contributed by atoms with Crippen LogP contribution in [0.5, 0.6) is 0 Å². The molecule has 0 saturated carbocycles. The summed E-state index contributed by atoms with van der Waals surface area (Å²) in [5.41, 5.74) is 3.23. The Labute approximate surface area is 155 Å². The Morgan fingerprint density at radius 2 is 1.85 bits per heavy atom. The van der Waals surface area contributed by atoms with Gasteiger partial charge in [0.25, 0.3) is 0 Å². The average Bonchev–Trinajstić information content (AvgIpc) is 3.03. The fourth-order valence-corrected chi connectivity index (χ4v) is 3.44. The predicted octanol–water partition coefficient (Wildman–Crippen LogP) is 3.49. The summed E-state index contributed by atoms with van der Waals surface area (Å²) in [5, 5.41) is 3.08. The molecule has 0 unspecified atom stereocenters. The van der Waals surface area contributed by atoms with Crippen LogP contribution >= 0.6 is 0 Å². The fourth-order valence-electron chi connectivity index (χ4n) is 3.44. The summed E-state index contributed by atoms with van der Waals surface area (Å²) in [6.45, 7) is 4.47. The number of amides is 2. The molecule has 1 N–H and O–H groups in total. The Bertz CT molecular complexity index is 773. The second-order valence-electron chi connectivity index (χ2n) is 7.13. The van der Waals surface area contributed by atoms with Crippen LogP contribution in [0.3, 0.4) is 0 Å². The molecule has 2 amide bonds. The molecule has 0 radical (unpaired) electrons. The first-order valence-corrected chi connectivity index (χ1v) is 9.25. The van der Waals surface area contributed by atoms with Gasteiger partial charge in [-0.05, 0) is 43.9 Å². The van der Waals surface area contributed by atoms with E-state index in [-0.39, 0.29) is 30.2 Å². The largest absolute Gasteiger partial charge is 0.353 e. The van der Waals surface area contributed by atoms with Gasteiger partial charge < -0.3 is 10.2 Å². The van der Waals surface area contributed by atoms with Gasteiger partial charge in [0.05, 0.1) is 5.92 Å². The molecule has 26 heavy (non-hydrogen) atoms. The Hall–Kier alpha value is -2.62. The van der Waals surface area contributed by atoms with Gasteiger partial charge in [-0.2, -0.15) is 0 Å². The molecule has 4 nitrogen and oxygen atoms in total. The van der Waals surface area contributed by atoms with E-state index < -0.39 is 0 Å². The number of nitrogens with one attached hydrogen (secondary N) is 1. The molecular weight excluding hydrogens is 324 g/mol. The number of aryl methyl sites for hydroxylation is 2. The molecule has 2 aromatic carbocycles. The van der Waals surface area contributed by atoms with Crippen molar-refractivity contribution in [2.24, 2.45) is 5.92 Å². The summed E-state index contributed by atoms with van der Waals surface area (Å²) >= 11 is 0. The minimum absolute atomic E-state index is 0.0185. The standard InChI is InChI=1S/C22H26N2O2/c1-16-8-6-7-11-20(16)24-15-19(14-21(24)25)22(26)23-17(2)12-13-18-9-4-3-5-10-18/h3-11,17,19H,12-15H2,1-2H3,(H,23,26)/t17-,19-/m0/s1. The zero-order valence-electron chi connectivity index (χ0n) is 15.4. The molecular formula is C22H26N2O2. The molecule has 1 saturated heterocycles. The molecule has 0 aliphatic carbocycles. The van der Waals surface area contributed by atoms with Crippen molar-refractivity contribution in [3.05, 3.63) is 65.7 Å². The van der Waals surface area contributed by atoms with Crippen LogP contribution in [0.4, 0.5) is 5.69 Å². The lowest BCUT2D eigenvalue weighted by Crippen LogP contribution is -2.38. The highest BCUT2D eigenvalue weighted by Crippen LogP contribution is 2.27. The molecule has 1 heterocycles. The third-order valence-electron chi connectivity index (χ3n) is 5.00. The Morgan fingerprint density at radius 1 is 1.15 bits per heavy atom. The third-order valence-corrected chi connectivity index (χ3v) is 5.00. The van der Waals surface area contributed by atoms with Gasteiger partial charge in [-0.25, -0.2) is 0 Å². The van der Waals surface area contributed by atoms with Crippen molar-refractivity contribution in [2.45, 2.75) is 39.2 Å². The summed E-state index contributed by atoms with van der Waals surface area (Å²) in [6.07, 6.45) is 2.10. The molecule has 2 atom stereocenters. The number of benzene rings is 2. The van der Waals surface area contributed by atoms with Crippen molar-refractivity contribution in [3.8, 4) is 0 Å². The number of carbonyl (C=O) groups is 2. The minimum atomic E-state index is -0.277. The van der Waals surface area contributed by atoms with Crippen molar-refractivity contribution < 1.29 is 9.59 Å². The average molecular weight is 350 g/mol. The van der Waals surface area contributed by atoms with Gasteiger partial charge in [-0.15, -0.1) is 0 Å². The summed E-state index contributed by atoms with van der Waals surface area (Å²) in [7, 11) is 0. The van der Waals surface area contributed by atoms with E-state index in [1.807, 2.05) is 56.3 Å². The van der Waals surface area contributed by atoms with Crippen molar-refractivity contribution in [1.29, 1.82) is 0 Å². The molecule has 0 aromatic heterocycles. The van der Waals surface area contributed by atoms with E-state index in [2.05, 4.69) is 17.4 Å². The number of para-hydroxylation sites is 1. The highest BCUT2D eigenvalue weighted by atomic mass is 16.2. The number of anilines is 1. The highest BCUT2D eigenvalue weighted by Gasteiger charge is 2.35. The summed E-state index contributed by atoms with van der Waals surface area (Å²) in [4.78, 5) is 26.7. The molecule has 0 spiro atoms. The maximum absolute atomic E-state index is 12.6. The van der Waals surface area contributed by atoms with E-state index in [1.54, 1.807) is 4.90 Å². The zero-order chi connectivity index (χ0) is 18.5. The molecule has 4 heteroatoms. The second kappa shape index (κ2) is 8.17. The maximum Gasteiger partial charge on any atom is 0.227 e. The molecule has 1 fully saturated rings. The van der Waals surface area contributed by atoms with E-state index in [0.29, 0.717) is 6.54 Å². The normalized spacial score (nSPS) is 18.0. The number of hydrogen-bond acceptors (Lipinski definition) is 2. The topological polar surface area (TPSA) is 49.4 Å². The van der Waals surface area contributed by atoms with E-state index >= 15 is 0 Å². The Balaban J connectivity index is 1.54. The first-order valence-electron chi connectivity index (χ1n) is 9.25. The third kappa shape index (κ3) is 4.31. The van der Waals surface area contributed by atoms with Crippen molar-refractivity contribution >= 4 is 17.5 Å². The highest BCUT2D eigenvalue weighted by molar-refractivity contribution is 6.00. The lowest BCUT2D eigenvalue weighted by atomic mass is 10.0. The van der Waals surface area contributed by atoms with Crippen LogP contribution in [0, 0.1) is 12.8 Å². The fraction of sp³-hybridized carbons (Fsp3) is 0.364. The van der Waals surface area contributed by atoms with Crippen molar-refractivity contribution in [3.63, 3.8) is 0 Å². The molecule has 136 valence electrons. The maximum atomic E-state index is 12.6. The SMILES string of the molecule is Cc1ccccc1N1C[C@@H](C(=O)N[C@@H](C)CCc2ccccc2)CC1=O. The van der Waals surface area contributed by atoms with Crippen LogP contribution in [0.2, 0.25) is 0 Å². The van der Waals surface area contributed by atoms with Gasteiger partial charge >= 0.3 is 0 Å². The molecule has 1 aliphatic heterocycles. The first kappa shape index (κ1) is 18.2. The van der Waals surface area contributed by atoms with Crippen LogP contribution in [-0.4, -0.2) is 24.4 Å². The van der Waals surface area contributed by atoms with E-state index in [1.165, 1.54) is 5.56 Å². The van der Waals surface area contributed by atoms with Gasteiger partial charge in [-0.3, -0.25) is 9.59 Å². The second-order valence-corrected chi connectivity index (χ2v) is 7.13. The monoisotopic (exact) mass is 350 g/mol. The zero-order valence-corrected chi connectivity index (χ0v) is 15.4. The van der Waals surface area contributed by atoms with Crippen LogP contribution in [0.15, 0.2) is 54.6 Å². The molecule has 3 rings (SSSR count). The van der Waals surface area contributed by atoms with Gasteiger partial charge in [0.1, 0.15) is 0 Å². The van der Waals surface area contributed by atoms with E-state index in [4.69, 9.17) is 0 Å². The van der Waals surface area contributed by atoms with E-state index in [9.17, 15) is 9.59 Å². The molecule has 2 aromatic rings. The number of carbonyl (C=O) groups excluding carboxylic acids is 2. The number of hydrogen-bond donors (Lipinski definition) is 1. The molecule has 1 aliphatic rings. The number of nitrogens with zero attached hydrogens (tertiary/aromatic N) is 1. The Kier molecular flexibility index (Phi) is 5.71. The molecule has 0 bridgehead atoms. The summed E-state index contributed by atoms with van der Waals surface area (Å²) < 4.78 is 0. The van der Waals surface area contributed by atoms with Crippen LogP contribution in [0.1, 0.15) is 30.9 Å². The van der Waals surface area contributed by atoms with Crippen LogP contribution < -0.4 is 10.2 Å². The summed E-state index contributed by atoms with van der Waals surface area (Å²) in [5.74, 6) is -0.271.